The van der Waals surface area contributed by atoms with Gasteiger partial charge in [-0.2, -0.15) is 0 Å². The van der Waals surface area contributed by atoms with Crippen LogP contribution >= 0.6 is 0 Å². The van der Waals surface area contributed by atoms with Crippen LogP contribution in [-0.2, 0) is 0 Å². The first kappa shape index (κ1) is 18.1. The summed E-state index contributed by atoms with van der Waals surface area (Å²) >= 11 is 0. The Morgan fingerprint density at radius 3 is 2.34 bits per heavy atom. The molecule has 0 atom stereocenters. The van der Waals surface area contributed by atoms with Crippen molar-refractivity contribution in [3.05, 3.63) is 82.5 Å². The molecule has 29 heavy (non-hydrogen) atoms. The van der Waals surface area contributed by atoms with E-state index in [4.69, 9.17) is 9.15 Å². The van der Waals surface area contributed by atoms with Crippen molar-refractivity contribution < 1.29 is 29.3 Å². The third kappa shape index (κ3) is 3.49. The van der Waals surface area contributed by atoms with Gasteiger partial charge < -0.3 is 24.5 Å². The fourth-order valence-corrected chi connectivity index (χ4v) is 2.87. The Bertz CT molecular complexity index is 1290. The van der Waals surface area contributed by atoms with E-state index in [0.29, 0.717) is 5.56 Å². The number of carbonyl (C=O) groups is 1. The molecule has 0 fully saturated rings. The molecule has 7 nitrogen and oxygen atoms in total. The van der Waals surface area contributed by atoms with Crippen molar-refractivity contribution in [2.45, 2.75) is 0 Å². The lowest BCUT2D eigenvalue weighted by Crippen LogP contribution is -2.11. The van der Waals surface area contributed by atoms with Gasteiger partial charge in [0.25, 0.3) is 0 Å². The highest BCUT2D eigenvalue weighted by Crippen LogP contribution is 2.34. The summed E-state index contributed by atoms with van der Waals surface area (Å²) < 4.78 is 11.0. The van der Waals surface area contributed by atoms with Crippen molar-refractivity contribution in [2.75, 3.05) is 0 Å². The highest BCUT2D eigenvalue weighted by atomic mass is 16.5. The van der Waals surface area contributed by atoms with Crippen molar-refractivity contribution in [1.29, 1.82) is 0 Å². The van der Waals surface area contributed by atoms with Gasteiger partial charge in [-0.05, 0) is 30.3 Å². The predicted molar refractivity (Wildman–Crippen MR) is 104 cm³/mol. The van der Waals surface area contributed by atoms with Crippen LogP contribution in [0.15, 0.2) is 75.9 Å². The van der Waals surface area contributed by atoms with Crippen LogP contribution in [0, 0.1) is 0 Å². The molecule has 0 spiro atoms. The van der Waals surface area contributed by atoms with Crippen LogP contribution in [0.1, 0.15) is 10.4 Å². The Balaban J connectivity index is 1.82. The second-order valence-electron chi connectivity index (χ2n) is 6.25. The molecule has 3 N–H and O–H groups in total. The number of phenolic OH excluding ortho intramolecular Hbond substituents is 3. The standard InChI is InChI=1S/C22H14O7/c23-14-9-19-21(20(10-14)29-22(27)12-4-2-1-3-5-12)17(26)11-18(28-19)13-6-7-15(24)16(25)8-13/h1-11,23-25H. The minimum Gasteiger partial charge on any atom is -0.508 e. The molecule has 7 heteroatoms. The largest absolute Gasteiger partial charge is 0.508 e. The zero-order valence-electron chi connectivity index (χ0n) is 14.8. The first-order valence-corrected chi connectivity index (χ1v) is 8.53. The number of rotatable bonds is 3. The van der Waals surface area contributed by atoms with Crippen LogP contribution in [-0.4, -0.2) is 21.3 Å². The monoisotopic (exact) mass is 390 g/mol. The third-order valence-corrected chi connectivity index (χ3v) is 4.25. The molecule has 0 aliphatic heterocycles. The maximum Gasteiger partial charge on any atom is 0.343 e. The molecule has 1 heterocycles. The van der Waals surface area contributed by atoms with E-state index in [-0.39, 0.29) is 45.3 Å². The maximum absolute atomic E-state index is 12.7. The molecule has 0 amide bonds. The Morgan fingerprint density at radius 1 is 0.862 bits per heavy atom. The van der Waals surface area contributed by atoms with Gasteiger partial charge in [-0.3, -0.25) is 4.79 Å². The fraction of sp³-hybridized carbons (Fsp3) is 0. The number of ether oxygens (including phenoxy) is 1. The number of aromatic hydroxyl groups is 3. The van der Waals surface area contributed by atoms with Crippen LogP contribution in [0.5, 0.6) is 23.0 Å². The summed E-state index contributed by atoms with van der Waals surface area (Å²) in [6.45, 7) is 0. The van der Waals surface area contributed by atoms with Gasteiger partial charge in [-0.15, -0.1) is 0 Å². The summed E-state index contributed by atoms with van der Waals surface area (Å²) in [4.78, 5) is 25.1. The summed E-state index contributed by atoms with van der Waals surface area (Å²) in [5.41, 5.74) is 0.107. The molecule has 0 radical (unpaired) electrons. The topological polar surface area (TPSA) is 117 Å². The number of hydrogen-bond donors (Lipinski definition) is 3. The molecular formula is C22H14O7. The molecule has 0 aliphatic rings. The first-order chi connectivity index (χ1) is 13.9. The average molecular weight is 390 g/mol. The quantitative estimate of drug-likeness (QED) is 0.277. The van der Waals surface area contributed by atoms with Gasteiger partial charge in [0.1, 0.15) is 28.2 Å². The summed E-state index contributed by atoms with van der Waals surface area (Å²) in [6.07, 6.45) is 0. The highest BCUT2D eigenvalue weighted by Gasteiger charge is 2.17. The van der Waals surface area contributed by atoms with Gasteiger partial charge in [0.2, 0.25) is 0 Å². The number of phenols is 3. The minimum atomic E-state index is -0.690. The number of carbonyl (C=O) groups excluding carboxylic acids is 1. The number of hydrogen-bond acceptors (Lipinski definition) is 7. The van der Waals surface area contributed by atoms with E-state index in [2.05, 4.69) is 0 Å². The SMILES string of the molecule is O=C(Oc1cc(O)cc2oc(-c3ccc(O)c(O)c3)cc(=O)c12)c1ccccc1. The van der Waals surface area contributed by atoms with Crippen LogP contribution in [0.3, 0.4) is 0 Å². The normalized spacial score (nSPS) is 10.8. The van der Waals surface area contributed by atoms with Gasteiger partial charge in [0.15, 0.2) is 16.9 Å². The summed E-state index contributed by atoms with van der Waals surface area (Å²) in [5, 5.41) is 29.1. The van der Waals surface area contributed by atoms with Gasteiger partial charge in [-0.1, -0.05) is 18.2 Å². The van der Waals surface area contributed by atoms with Crippen LogP contribution in [0.25, 0.3) is 22.3 Å². The van der Waals surface area contributed by atoms with E-state index in [1.165, 1.54) is 30.3 Å². The Labute approximate surface area is 163 Å². The lowest BCUT2D eigenvalue weighted by molar-refractivity contribution is 0.0737. The second-order valence-corrected chi connectivity index (χ2v) is 6.25. The lowest BCUT2D eigenvalue weighted by Gasteiger charge is -2.09. The van der Waals surface area contributed by atoms with Crippen molar-refractivity contribution in [2.24, 2.45) is 0 Å². The molecule has 144 valence electrons. The lowest BCUT2D eigenvalue weighted by atomic mass is 10.1. The molecule has 0 saturated carbocycles. The average Bonchev–Trinajstić information content (AvgIpc) is 2.70. The number of fused-ring (bicyclic) bond motifs is 1. The molecular weight excluding hydrogens is 376 g/mol. The van der Waals surface area contributed by atoms with E-state index in [0.717, 1.165) is 6.07 Å². The molecule has 4 aromatic rings. The van der Waals surface area contributed by atoms with Gasteiger partial charge in [0, 0.05) is 23.8 Å². The van der Waals surface area contributed by atoms with E-state index < -0.39 is 11.4 Å². The van der Waals surface area contributed by atoms with Gasteiger partial charge in [0.05, 0.1) is 5.56 Å². The van der Waals surface area contributed by atoms with E-state index in [9.17, 15) is 24.9 Å². The maximum atomic E-state index is 12.7. The molecule has 3 aromatic carbocycles. The summed E-state index contributed by atoms with van der Waals surface area (Å²) in [5.74, 6) is -1.68. The zero-order valence-corrected chi connectivity index (χ0v) is 14.8. The highest BCUT2D eigenvalue weighted by molar-refractivity contribution is 5.95. The van der Waals surface area contributed by atoms with Gasteiger partial charge in [-0.25, -0.2) is 4.79 Å². The Kier molecular flexibility index (Phi) is 4.40. The van der Waals surface area contributed by atoms with Crippen LogP contribution < -0.4 is 10.2 Å². The van der Waals surface area contributed by atoms with Crippen LogP contribution in [0.2, 0.25) is 0 Å². The van der Waals surface area contributed by atoms with E-state index in [1.54, 1.807) is 30.3 Å². The number of esters is 1. The number of benzene rings is 3. The van der Waals surface area contributed by atoms with Crippen LogP contribution in [0.4, 0.5) is 0 Å². The second kappa shape index (κ2) is 7.05. The zero-order chi connectivity index (χ0) is 20.5. The smallest absolute Gasteiger partial charge is 0.343 e. The molecule has 0 saturated heterocycles. The Morgan fingerprint density at radius 2 is 1.62 bits per heavy atom. The fourth-order valence-electron chi connectivity index (χ4n) is 2.87. The molecule has 0 aliphatic carbocycles. The van der Waals surface area contributed by atoms with E-state index in [1.807, 2.05) is 0 Å². The summed E-state index contributed by atoms with van der Waals surface area (Å²) in [6, 6.07) is 15.7. The van der Waals surface area contributed by atoms with Crippen molar-refractivity contribution in [3.8, 4) is 34.3 Å². The molecule has 0 unspecified atom stereocenters. The van der Waals surface area contributed by atoms with E-state index >= 15 is 0 Å². The summed E-state index contributed by atoms with van der Waals surface area (Å²) in [7, 11) is 0. The Hall–Kier alpha value is -4.26. The molecule has 1 aromatic heterocycles. The third-order valence-electron chi connectivity index (χ3n) is 4.25. The van der Waals surface area contributed by atoms with Crippen molar-refractivity contribution >= 4 is 16.9 Å². The van der Waals surface area contributed by atoms with Gasteiger partial charge >= 0.3 is 5.97 Å². The predicted octanol–water partition coefficient (Wildman–Crippen LogP) is 3.80. The van der Waals surface area contributed by atoms with Crippen molar-refractivity contribution in [1.82, 2.24) is 0 Å². The first-order valence-electron chi connectivity index (χ1n) is 8.53. The molecule has 4 rings (SSSR count). The molecule has 0 bridgehead atoms. The van der Waals surface area contributed by atoms with Crippen molar-refractivity contribution in [3.63, 3.8) is 0 Å². The minimum absolute atomic E-state index is 0.00377.